The zero-order valence-electron chi connectivity index (χ0n) is 12.8. The monoisotopic (exact) mass is 272 g/mol. The van der Waals surface area contributed by atoms with Gasteiger partial charge < -0.3 is 5.32 Å². The Morgan fingerprint density at radius 3 is 2.65 bits per heavy atom. The van der Waals surface area contributed by atoms with Gasteiger partial charge in [-0.15, -0.1) is 0 Å². The number of nitrogens with one attached hydrogen (secondary N) is 1. The smallest absolute Gasteiger partial charge is 0.146 e. The molecule has 0 radical (unpaired) electrons. The van der Waals surface area contributed by atoms with Crippen LogP contribution in [0.2, 0.25) is 0 Å². The lowest BCUT2D eigenvalue weighted by Gasteiger charge is -2.23. The van der Waals surface area contributed by atoms with Crippen LogP contribution in [0.25, 0.3) is 0 Å². The van der Waals surface area contributed by atoms with E-state index in [1.807, 2.05) is 4.68 Å². The van der Waals surface area contributed by atoms with E-state index < -0.39 is 0 Å². The minimum Gasteiger partial charge on any atom is -0.378 e. The second-order valence-electron chi connectivity index (χ2n) is 6.05. The summed E-state index contributed by atoms with van der Waals surface area (Å²) in [5.41, 5.74) is 2.62. The Bertz CT molecular complexity index is 552. The number of benzene rings is 1. The summed E-state index contributed by atoms with van der Waals surface area (Å²) in [4.78, 5) is 4.33. The van der Waals surface area contributed by atoms with Crippen molar-refractivity contribution in [2.45, 2.75) is 52.6 Å². The number of hydrogen-bond acceptors (Lipinski definition) is 3. The molecule has 0 aliphatic heterocycles. The predicted molar refractivity (Wildman–Crippen MR) is 82.8 cm³/mol. The quantitative estimate of drug-likeness (QED) is 0.904. The van der Waals surface area contributed by atoms with Crippen molar-refractivity contribution in [1.29, 1.82) is 0 Å². The number of para-hydroxylation sites is 1. The van der Waals surface area contributed by atoms with Gasteiger partial charge in [0.1, 0.15) is 12.2 Å². The van der Waals surface area contributed by atoms with Gasteiger partial charge in [0.15, 0.2) is 0 Å². The number of nitrogens with zero attached hydrogens (tertiary/aromatic N) is 3. The molecule has 1 heterocycles. The van der Waals surface area contributed by atoms with Crippen LogP contribution in [-0.4, -0.2) is 14.8 Å². The van der Waals surface area contributed by atoms with E-state index in [0.29, 0.717) is 6.54 Å². The summed E-state index contributed by atoms with van der Waals surface area (Å²) >= 11 is 0. The molecule has 0 saturated heterocycles. The van der Waals surface area contributed by atoms with Crippen molar-refractivity contribution in [1.82, 2.24) is 14.8 Å². The zero-order chi connectivity index (χ0) is 14.6. The fraction of sp³-hybridized carbons (Fsp3) is 0.500. The van der Waals surface area contributed by atoms with Gasteiger partial charge in [0, 0.05) is 12.2 Å². The normalized spacial score (nSPS) is 11.6. The number of aromatic nitrogens is 3. The molecule has 0 aliphatic rings. The van der Waals surface area contributed by atoms with Crippen molar-refractivity contribution in [3.8, 4) is 0 Å². The zero-order valence-corrected chi connectivity index (χ0v) is 12.8. The average Bonchev–Trinajstić information content (AvgIpc) is 2.83. The van der Waals surface area contributed by atoms with Gasteiger partial charge in [-0.2, -0.15) is 5.10 Å². The number of hydrogen-bond donors (Lipinski definition) is 1. The molecule has 0 spiro atoms. The van der Waals surface area contributed by atoms with Crippen molar-refractivity contribution >= 4 is 5.69 Å². The van der Waals surface area contributed by atoms with E-state index in [1.165, 1.54) is 11.3 Å². The molecule has 2 rings (SSSR count). The van der Waals surface area contributed by atoms with Crippen LogP contribution < -0.4 is 5.32 Å². The summed E-state index contributed by atoms with van der Waals surface area (Å²) in [6.07, 6.45) is 2.69. The Kier molecular flexibility index (Phi) is 4.42. The molecule has 1 aromatic heterocycles. The summed E-state index contributed by atoms with van der Waals surface area (Å²) in [5, 5.41) is 7.75. The van der Waals surface area contributed by atoms with Gasteiger partial charge in [-0.25, -0.2) is 9.67 Å². The molecule has 1 N–H and O–H groups in total. The van der Waals surface area contributed by atoms with Gasteiger partial charge in [-0.1, -0.05) is 45.9 Å². The van der Waals surface area contributed by atoms with Crippen molar-refractivity contribution in [2.75, 3.05) is 5.32 Å². The summed E-state index contributed by atoms with van der Waals surface area (Å²) in [7, 11) is 0. The minimum absolute atomic E-state index is 0.126. The summed E-state index contributed by atoms with van der Waals surface area (Å²) in [5.74, 6) is 0.982. The van der Waals surface area contributed by atoms with Crippen LogP contribution in [-0.2, 0) is 18.5 Å². The van der Waals surface area contributed by atoms with Crippen LogP contribution in [0.3, 0.4) is 0 Å². The van der Waals surface area contributed by atoms with E-state index in [-0.39, 0.29) is 5.41 Å². The largest absolute Gasteiger partial charge is 0.378 e. The predicted octanol–water partition coefficient (Wildman–Crippen LogP) is 3.60. The number of aryl methyl sites for hydroxylation is 1. The van der Waals surface area contributed by atoms with Gasteiger partial charge in [0.25, 0.3) is 0 Å². The van der Waals surface area contributed by atoms with Gasteiger partial charge in [0.2, 0.25) is 0 Å². The van der Waals surface area contributed by atoms with Crippen molar-refractivity contribution < 1.29 is 0 Å². The number of rotatable bonds is 5. The molecule has 20 heavy (non-hydrogen) atoms. The third-order valence-corrected chi connectivity index (χ3v) is 3.30. The molecular formula is C16H24N4. The van der Waals surface area contributed by atoms with Crippen molar-refractivity contribution in [3.05, 3.63) is 42.0 Å². The fourth-order valence-corrected chi connectivity index (χ4v) is 2.29. The van der Waals surface area contributed by atoms with Crippen molar-refractivity contribution in [3.63, 3.8) is 0 Å². The molecular weight excluding hydrogens is 248 g/mol. The van der Waals surface area contributed by atoms with Crippen LogP contribution in [0.15, 0.2) is 30.6 Å². The first-order valence-electron chi connectivity index (χ1n) is 7.22. The molecule has 0 atom stereocenters. The Hall–Kier alpha value is -1.84. The second kappa shape index (κ2) is 6.07. The van der Waals surface area contributed by atoms with E-state index in [2.05, 4.69) is 67.4 Å². The Morgan fingerprint density at radius 1 is 1.20 bits per heavy atom. The first-order valence-corrected chi connectivity index (χ1v) is 7.22. The van der Waals surface area contributed by atoms with E-state index in [0.717, 1.165) is 18.8 Å². The maximum Gasteiger partial charge on any atom is 0.146 e. The molecule has 0 bridgehead atoms. The summed E-state index contributed by atoms with van der Waals surface area (Å²) in [6, 6.07) is 8.46. The molecule has 0 saturated carbocycles. The van der Waals surface area contributed by atoms with Gasteiger partial charge in [-0.3, -0.25) is 0 Å². The van der Waals surface area contributed by atoms with E-state index in [9.17, 15) is 0 Å². The van der Waals surface area contributed by atoms with E-state index in [4.69, 9.17) is 0 Å². The Morgan fingerprint density at radius 2 is 1.95 bits per heavy atom. The molecule has 4 heteroatoms. The van der Waals surface area contributed by atoms with Crippen LogP contribution in [0, 0.1) is 0 Å². The van der Waals surface area contributed by atoms with Crippen LogP contribution in [0.1, 0.15) is 45.5 Å². The molecule has 1 aromatic carbocycles. The topological polar surface area (TPSA) is 42.7 Å². The van der Waals surface area contributed by atoms with Gasteiger partial charge in [0.05, 0.1) is 6.54 Å². The summed E-state index contributed by atoms with van der Waals surface area (Å²) < 4.78 is 1.96. The third kappa shape index (κ3) is 3.38. The fourth-order valence-electron chi connectivity index (χ4n) is 2.29. The molecule has 0 aliphatic carbocycles. The average molecular weight is 272 g/mol. The highest BCUT2D eigenvalue weighted by Crippen LogP contribution is 2.29. The molecule has 4 nitrogen and oxygen atoms in total. The maximum atomic E-state index is 4.33. The molecule has 0 fully saturated rings. The highest BCUT2D eigenvalue weighted by atomic mass is 15.3. The Labute approximate surface area is 121 Å². The van der Waals surface area contributed by atoms with E-state index in [1.54, 1.807) is 6.33 Å². The lowest BCUT2D eigenvalue weighted by molar-refractivity contribution is 0.572. The number of anilines is 1. The molecule has 2 aromatic rings. The van der Waals surface area contributed by atoms with Crippen LogP contribution >= 0.6 is 0 Å². The molecule has 108 valence electrons. The van der Waals surface area contributed by atoms with Crippen molar-refractivity contribution in [2.24, 2.45) is 0 Å². The standard InChI is InChI=1S/C16H24N4/c1-5-10-20-15(18-12-19-20)11-17-14-9-7-6-8-13(14)16(2,3)4/h6-9,12,17H,5,10-11H2,1-4H3. The Balaban J connectivity index is 2.13. The summed E-state index contributed by atoms with van der Waals surface area (Å²) in [6.45, 7) is 10.5. The molecule has 0 unspecified atom stereocenters. The third-order valence-electron chi connectivity index (χ3n) is 3.30. The molecule has 0 amide bonds. The second-order valence-corrected chi connectivity index (χ2v) is 6.05. The lowest BCUT2D eigenvalue weighted by Crippen LogP contribution is -2.16. The highest BCUT2D eigenvalue weighted by molar-refractivity contribution is 5.54. The first kappa shape index (κ1) is 14.6. The SMILES string of the molecule is CCCn1ncnc1CNc1ccccc1C(C)(C)C. The first-order chi connectivity index (χ1) is 9.52. The van der Waals surface area contributed by atoms with Gasteiger partial charge >= 0.3 is 0 Å². The maximum absolute atomic E-state index is 4.33. The van der Waals surface area contributed by atoms with E-state index >= 15 is 0 Å². The highest BCUT2D eigenvalue weighted by Gasteiger charge is 2.17. The lowest BCUT2D eigenvalue weighted by atomic mass is 9.86. The minimum atomic E-state index is 0.126. The van der Waals surface area contributed by atoms with Crippen LogP contribution in [0.4, 0.5) is 5.69 Å². The van der Waals surface area contributed by atoms with Crippen LogP contribution in [0.5, 0.6) is 0 Å². The van der Waals surface area contributed by atoms with Gasteiger partial charge in [-0.05, 0) is 23.5 Å².